The molecule has 3 aliphatic heterocycles. The number of carbonyl (C=O) groups is 1. The zero-order valence-electron chi connectivity index (χ0n) is 13.0. The summed E-state index contributed by atoms with van der Waals surface area (Å²) >= 11 is 0. The van der Waals surface area contributed by atoms with Gasteiger partial charge in [-0.05, 0) is 57.8 Å². The Balaban J connectivity index is 1.58. The SMILES string of the molecule is CC1(C)[C@@H](NC(=O)c2nc3ccccc3o2)C2CCN1CC2. The maximum absolute atomic E-state index is 12.6. The van der Waals surface area contributed by atoms with Gasteiger partial charge in [-0.25, -0.2) is 4.98 Å². The highest BCUT2D eigenvalue weighted by atomic mass is 16.4. The van der Waals surface area contributed by atoms with Gasteiger partial charge in [0.25, 0.3) is 5.89 Å². The Morgan fingerprint density at radius 1 is 1.32 bits per heavy atom. The first-order valence-electron chi connectivity index (χ1n) is 7.97. The van der Waals surface area contributed by atoms with Crippen LogP contribution < -0.4 is 5.32 Å². The van der Waals surface area contributed by atoms with E-state index in [2.05, 4.69) is 29.0 Å². The maximum Gasteiger partial charge on any atom is 0.307 e. The summed E-state index contributed by atoms with van der Waals surface area (Å²) < 4.78 is 5.58. The van der Waals surface area contributed by atoms with Crippen molar-refractivity contribution >= 4 is 17.0 Å². The highest BCUT2D eigenvalue weighted by molar-refractivity contribution is 5.92. The normalized spacial score (nSPS) is 29.6. The van der Waals surface area contributed by atoms with Gasteiger partial charge in [0, 0.05) is 5.54 Å². The van der Waals surface area contributed by atoms with Crippen LogP contribution in [0, 0.1) is 5.92 Å². The van der Waals surface area contributed by atoms with E-state index in [-0.39, 0.29) is 23.4 Å². The molecule has 3 fully saturated rings. The fraction of sp³-hybridized carbons (Fsp3) is 0.529. The van der Waals surface area contributed by atoms with Gasteiger partial charge in [0.15, 0.2) is 5.58 Å². The van der Waals surface area contributed by atoms with Crippen LogP contribution in [0.2, 0.25) is 0 Å². The molecule has 22 heavy (non-hydrogen) atoms. The number of fused-ring (bicyclic) bond motifs is 4. The summed E-state index contributed by atoms with van der Waals surface area (Å²) in [4.78, 5) is 19.3. The van der Waals surface area contributed by atoms with Crippen molar-refractivity contribution in [1.82, 2.24) is 15.2 Å². The number of oxazole rings is 1. The minimum Gasteiger partial charge on any atom is -0.432 e. The molecule has 0 aliphatic carbocycles. The highest BCUT2D eigenvalue weighted by Crippen LogP contribution is 2.39. The molecule has 1 aromatic carbocycles. The number of hydrogen-bond acceptors (Lipinski definition) is 4. The lowest BCUT2D eigenvalue weighted by Crippen LogP contribution is -2.69. The number of aromatic nitrogens is 1. The summed E-state index contributed by atoms with van der Waals surface area (Å²) in [6.45, 7) is 6.70. The van der Waals surface area contributed by atoms with Gasteiger partial charge in [-0.3, -0.25) is 9.69 Å². The molecule has 5 nitrogen and oxygen atoms in total. The third-order valence-electron chi connectivity index (χ3n) is 5.36. The molecular weight excluding hydrogens is 278 g/mol. The molecule has 0 spiro atoms. The molecule has 0 saturated carbocycles. The molecular formula is C17H21N3O2. The zero-order valence-corrected chi connectivity index (χ0v) is 13.0. The highest BCUT2D eigenvalue weighted by Gasteiger charge is 2.48. The number of hydrogen-bond donors (Lipinski definition) is 1. The average molecular weight is 299 g/mol. The van der Waals surface area contributed by atoms with Crippen molar-refractivity contribution in [3.8, 4) is 0 Å². The standard InChI is InChI=1S/C17H21N3O2/c1-17(2)14(11-7-9-20(17)10-8-11)19-15(21)16-18-12-5-3-4-6-13(12)22-16/h3-6,11,14H,7-10H2,1-2H3,(H,19,21)/t14-/m0/s1. The number of piperidine rings is 3. The van der Waals surface area contributed by atoms with Gasteiger partial charge >= 0.3 is 5.91 Å². The Morgan fingerprint density at radius 2 is 2.05 bits per heavy atom. The Hall–Kier alpha value is -1.88. The average Bonchev–Trinajstić information content (AvgIpc) is 2.95. The van der Waals surface area contributed by atoms with Gasteiger partial charge in [-0.1, -0.05) is 12.1 Å². The van der Waals surface area contributed by atoms with Crippen LogP contribution in [0.5, 0.6) is 0 Å². The molecule has 1 atom stereocenters. The number of amides is 1. The second-order valence-corrected chi connectivity index (χ2v) is 6.92. The van der Waals surface area contributed by atoms with Crippen molar-refractivity contribution in [3.05, 3.63) is 30.2 Å². The number of nitrogens with one attached hydrogen (secondary N) is 1. The van der Waals surface area contributed by atoms with Gasteiger partial charge in [0.05, 0.1) is 6.04 Å². The van der Waals surface area contributed by atoms with Crippen LogP contribution in [0.25, 0.3) is 11.1 Å². The predicted molar refractivity (Wildman–Crippen MR) is 83.6 cm³/mol. The molecule has 4 heterocycles. The maximum atomic E-state index is 12.6. The van der Waals surface area contributed by atoms with Crippen LogP contribution in [0.4, 0.5) is 0 Å². The Bertz CT molecular complexity index is 681. The van der Waals surface area contributed by atoms with Crippen molar-refractivity contribution in [2.75, 3.05) is 13.1 Å². The molecule has 2 bridgehead atoms. The van der Waals surface area contributed by atoms with Crippen LogP contribution >= 0.6 is 0 Å². The molecule has 1 N–H and O–H groups in total. The van der Waals surface area contributed by atoms with E-state index in [9.17, 15) is 4.79 Å². The molecule has 1 amide bonds. The lowest BCUT2D eigenvalue weighted by atomic mass is 9.72. The Morgan fingerprint density at radius 3 is 2.73 bits per heavy atom. The number of para-hydroxylation sites is 2. The second-order valence-electron chi connectivity index (χ2n) is 6.92. The fourth-order valence-corrected chi connectivity index (χ4v) is 4.05. The molecule has 2 aromatic rings. The van der Waals surface area contributed by atoms with E-state index >= 15 is 0 Å². The van der Waals surface area contributed by atoms with E-state index in [0.29, 0.717) is 11.5 Å². The number of rotatable bonds is 2. The molecule has 5 rings (SSSR count). The number of benzene rings is 1. The van der Waals surface area contributed by atoms with E-state index in [4.69, 9.17) is 4.42 Å². The molecule has 5 heteroatoms. The van der Waals surface area contributed by atoms with Crippen molar-refractivity contribution < 1.29 is 9.21 Å². The van der Waals surface area contributed by atoms with Gasteiger partial charge in [0.2, 0.25) is 0 Å². The van der Waals surface area contributed by atoms with Crippen LogP contribution in [-0.4, -0.2) is 40.5 Å². The minimum atomic E-state index is -0.206. The lowest BCUT2D eigenvalue weighted by molar-refractivity contribution is -0.0381. The van der Waals surface area contributed by atoms with Crippen LogP contribution in [0.1, 0.15) is 37.4 Å². The summed E-state index contributed by atoms with van der Waals surface area (Å²) in [7, 11) is 0. The van der Waals surface area contributed by atoms with E-state index < -0.39 is 0 Å². The van der Waals surface area contributed by atoms with Gasteiger partial charge in [0.1, 0.15) is 5.52 Å². The van der Waals surface area contributed by atoms with E-state index in [1.54, 1.807) is 0 Å². The van der Waals surface area contributed by atoms with Crippen molar-refractivity contribution in [1.29, 1.82) is 0 Å². The van der Waals surface area contributed by atoms with Crippen LogP contribution in [0.15, 0.2) is 28.7 Å². The summed E-state index contributed by atoms with van der Waals surface area (Å²) in [5.41, 5.74) is 1.37. The molecule has 3 aliphatic rings. The molecule has 1 aromatic heterocycles. The molecule has 0 radical (unpaired) electrons. The smallest absolute Gasteiger partial charge is 0.307 e. The monoisotopic (exact) mass is 299 g/mol. The summed E-state index contributed by atoms with van der Waals surface area (Å²) in [6.07, 6.45) is 2.31. The number of carbonyl (C=O) groups excluding carboxylic acids is 1. The molecule has 0 unspecified atom stereocenters. The first kappa shape index (κ1) is 13.8. The van der Waals surface area contributed by atoms with E-state index in [1.165, 1.54) is 0 Å². The van der Waals surface area contributed by atoms with Crippen LogP contribution in [-0.2, 0) is 0 Å². The second kappa shape index (κ2) is 4.81. The van der Waals surface area contributed by atoms with Crippen molar-refractivity contribution in [3.63, 3.8) is 0 Å². The number of nitrogens with zero attached hydrogens (tertiary/aromatic N) is 2. The van der Waals surface area contributed by atoms with E-state index in [1.807, 2.05) is 24.3 Å². The van der Waals surface area contributed by atoms with Crippen molar-refractivity contribution in [2.45, 2.75) is 38.3 Å². The van der Waals surface area contributed by atoms with Crippen molar-refractivity contribution in [2.24, 2.45) is 5.92 Å². The topological polar surface area (TPSA) is 58.4 Å². The summed E-state index contributed by atoms with van der Waals surface area (Å²) in [6, 6.07) is 7.61. The third-order valence-corrected chi connectivity index (χ3v) is 5.36. The quantitative estimate of drug-likeness (QED) is 0.925. The largest absolute Gasteiger partial charge is 0.432 e. The molecule has 3 saturated heterocycles. The van der Waals surface area contributed by atoms with Gasteiger partial charge < -0.3 is 9.73 Å². The Labute approximate surface area is 129 Å². The van der Waals surface area contributed by atoms with E-state index in [0.717, 1.165) is 31.4 Å². The first-order valence-corrected chi connectivity index (χ1v) is 7.97. The summed E-state index contributed by atoms with van der Waals surface area (Å²) in [5.74, 6) is 0.504. The Kier molecular flexibility index (Phi) is 3.01. The lowest BCUT2D eigenvalue weighted by Gasteiger charge is -2.56. The van der Waals surface area contributed by atoms with Gasteiger partial charge in [-0.2, -0.15) is 0 Å². The molecule has 116 valence electrons. The minimum absolute atomic E-state index is 0.0111. The summed E-state index contributed by atoms with van der Waals surface area (Å²) in [5, 5.41) is 3.18. The first-order chi connectivity index (χ1) is 10.6. The fourth-order valence-electron chi connectivity index (χ4n) is 4.05. The third kappa shape index (κ3) is 2.03. The van der Waals surface area contributed by atoms with Gasteiger partial charge in [-0.15, -0.1) is 0 Å². The zero-order chi connectivity index (χ0) is 15.3. The predicted octanol–water partition coefficient (Wildman–Crippen LogP) is 2.43. The van der Waals surface area contributed by atoms with Crippen LogP contribution in [0.3, 0.4) is 0 Å².